The number of nitro benzene ring substituents is 1. The Kier molecular flexibility index (Phi) is 1.70. The summed E-state index contributed by atoms with van der Waals surface area (Å²) in [5.74, 6) is -0.650. The molecule has 0 saturated carbocycles. The fourth-order valence-corrected chi connectivity index (χ4v) is 1.34. The average molecular weight is 195 g/mol. The van der Waals surface area contributed by atoms with Crippen molar-refractivity contribution in [1.29, 1.82) is 0 Å². The van der Waals surface area contributed by atoms with Crippen LogP contribution in [0.4, 0.5) is 10.1 Å². The van der Waals surface area contributed by atoms with E-state index in [1.54, 1.807) is 7.05 Å². The summed E-state index contributed by atoms with van der Waals surface area (Å²) in [4.78, 5) is 9.96. The van der Waals surface area contributed by atoms with E-state index in [2.05, 4.69) is 5.10 Å². The van der Waals surface area contributed by atoms with E-state index in [9.17, 15) is 14.5 Å². The number of benzene rings is 1. The molecule has 1 aromatic heterocycles. The van der Waals surface area contributed by atoms with E-state index < -0.39 is 10.7 Å². The molecule has 2 rings (SSSR count). The van der Waals surface area contributed by atoms with Gasteiger partial charge >= 0.3 is 0 Å². The van der Waals surface area contributed by atoms with Crippen molar-refractivity contribution in [3.63, 3.8) is 0 Å². The van der Waals surface area contributed by atoms with Gasteiger partial charge in [-0.1, -0.05) is 0 Å². The average Bonchev–Trinajstić information content (AvgIpc) is 2.42. The summed E-state index contributed by atoms with van der Waals surface area (Å²) in [7, 11) is 1.63. The van der Waals surface area contributed by atoms with Crippen LogP contribution >= 0.6 is 0 Å². The summed E-state index contributed by atoms with van der Waals surface area (Å²) in [6, 6.07) is 2.06. The van der Waals surface area contributed by atoms with Crippen LogP contribution in [-0.2, 0) is 7.05 Å². The molecule has 72 valence electrons. The van der Waals surface area contributed by atoms with E-state index in [1.807, 2.05) is 0 Å². The van der Waals surface area contributed by atoms with Crippen molar-refractivity contribution in [2.24, 2.45) is 7.05 Å². The number of halogens is 1. The minimum atomic E-state index is -0.650. The second kappa shape index (κ2) is 2.76. The molecule has 0 saturated heterocycles. The lowest BCUT2D eigenvalue weighted by molar-refractivity contribution is -0.383. The Bertz CT molecular complexity index is 521. The zero-order chi connectivity index (χ0) is 10.3. The first-order valence-electron chi connectivity index (χ1n) is 3.85. The maximum Gasteiger partial charge on any atom is 0.283 e. The van der Waals surface area contributed by atoms with Gasteiger partial charge in [0.2, 0.25) is 0 Å². The molecule has 0 N–H and O–H groups in total. The topological polar surface area (TPSA) is 61.0 Å². The third kappa shape index (κ3) is 1.20. The lowest BCUT2D eigenvalue weighted by Gasteiger charge is -1.92. The van der Waals surface area contributed by atoms with E-state index in [4.69, 9.17) is 0 Å². The largest absolute Gasteiger partial charge is 0.283 e. The summed E-state index contributed by atoms with van der Waals surface area (Å²) in [6.07, 6.45) is 1.49. The highest BCUT2D eigenvalue weighted by Crippen LogP contribution is 2.25. The van der Waals surface area contributed by atoms with E-state index in [-0.39, 0.29) is 5.69 Å². The molecular weight excluding hydrogens is 189 g/mol. The molecule has 0 atom stereocenters. The van der Waals surface area contributed by atoms with Gasteiger partial charge < -0.3 is 0 Å². The fraction of sp³-hybridized carbons (Fsp3) is 0.125. The van der Waals surface area contributed by atoms with E-state index >= 15 is 0 Å². The molecule has 0 bridgehead atoms. The predicted molar refractivity (Wildman–Crippen MR) is 47.3 cm³/mol. The van der Waals surface area contributed by atoms with Crippen LogP contribution in [0.2, 0.25) is 0 Å². The molecular formula is C8H6FN3O2. The third-order valence-corrected chi connectivity index (χ3v) is 1.88. The Balaban J connectivity index is 2.85. The van der Waals surface area contributed by atoms with Gasteiger partial charge in [-0.2, -0.15) is 5.10 Å². The van der Waals surface area contributed by atoms with Gasteiger partial charge in [-0.15, -0.1) is 0 Å². The molecule has 6 heteroatoms. The van der Waals surface area contributed by atoms with Crippen molar-refractivity contribution in [2.45, 2.75) is 0 Å². The maximum absolute atomic E-state index is 12.9. The second-order valence-corrected chi connectivity index (χ2v) is 2.92. The first-order valence-corrected chi connectivity index (χ1v) is 3.85. The molecule has 0 aliphatic heterocycles. The zero-order valence-corrected chi connectivity index (χ0v) is 7.27. The zero-order valence-electron chi connectivity index (χ0n) is 7.27. The van der Waals surface area contributed by atoms with Crippen molar-refractivity contribution < 1.29 is 9.31 Å². The second-order valence-electron chi connectivity index (χ2n) is 2.92. The first kappa shape index (κ1) is 8.61. The minimum Gasteiger partial charge on any atom is -0.274 e. The van der Waals surface area contributed by atoms with Gasteiger partial charge in [0.05, 0.1) is 16.4 Å². The Hall–Kier alpha value is -1.98. The van der Waals surface area contributed by atoms with Crippen molar-refractivity contribution in [3.8, 4) is 0 Å². The molecule has 0 radical (unpaired) electrons. The highest BCUT2D eigenvalue weighted by molar-refractivity contribution is 5.87. The van der Waals surface area contributed by atoms with E-state index in [0.717, 1.165) is 6.07 Å². The van der Waals surface area contributed by atoms with Gasteiger partial charge in [-0.3, -0.25) is 14.8 Å². The smallest absolute Gasteiger partial charge is 0.274 e. The molecule has 0 aliphatic rings. The standard InChI is InChI=1S/C8H6FN3O2/c1-11-4-6-7(10-11)2-5(9)3-8(6)12(13)14/h2-4H,1H3. The maximum atomic E-state index is 12.9. The van der Waals surface area contributed by atoms with Gasteiger partial charge in [-0.25, -0.2) is 4.39 Å². The Labute approximate surface area is 77.9 Å². The monoisotopic (exact) mass is 195 g/mol. The molecule has 1 heterocycles. The molecule has 0 amide bonds. The highest BCUT2D eigenvalue weighted by Gasteiger charge is 2.16. The quantitative estimate of drug-likeness (QED) is 0.513. The normalized spacial score (nSPS) is 10.7. The van der Waals surface area contributed by atoms with Crippen LogP contribution in [0.3, 0.4) is 0 Å². The van der Waals surface area contributed by atoms with Crippen LogP contribution in [0.5, 0.6) is 0 Å². The number of rotatable bonds is 1. The lowest BCUT2D eigenvalue weighted by atomic mass is 10.2. The van der Waals surface area contributed by atoms with Crippen molar-refractivity contribution in [1.82, 2.24) is 9.78 Å². The number of nitrogens with zero attached hydrogens (tertiary/aromatic N) is 3. The molecule has 0 fully saturated rings. The van der Waals surface area contributed by atoms with Crippen molar-refractivity contribution in [2.75, 3.05) is 0 Å². The van der Waals surface area contributed by atoms with Crippen LogP contribution in [0.25, 0.3) is 10.9 Å². The van der Waals surface area contributed by atoms with E-state index in [1.165, 1.54) is 16.9 Å². The molecule has 2 aromatic rings. The molecule has 0 aliphatic carbocycles. The van der Waals surface area contributed by atoms with Crippen molar-refractivity contribution >= 4 is 16.6 Å². The SMILES string of the molecule is Cn1cc2c([N+](=O)[O-])cc(F)cc2n1. The summed E-state index contributed by atoms with van der Waals surface area (Å²) >= 11 is 0. The Morgan fingerprint density at radius 3 is 2.93 bits per heavy atom. The molecule has 5 nitrogen and oxygen atoms in total. The summed E-state index contributed by atoms with van der Waals surface area (Å²) in [6.45, 7) is 0. The molecule has 1 aromatic carbocycles. The number of aryl methyl sites for hydroxylation is 1. The molecule has 0 spiro atoms. The predicted octanol–water partition coefficient (Wildman–Crippen LogP) is 1.62. The van der Waals surface area contributed by atoms with Gasteiger partial charge in [0, 0.05) is 19.3 Å². The number of hydrogen-bond acceptors (Lipinski definition) is 3. The third-order valence-electron chi connectivity index (χ3n) is 1.88. The number of aromatic nitrogens is 2. The fourth-order valence-electron chi connectivity index (χ4n) is 1.34. The minimum absolute atomic E-state index is 0.256. The van der Waals surface area contributed by atoms with Crippen LogP contribution in [-0.4, -0.2) is 14.7 Å². The van der Waals surface area contributed by atoms with Gasteiger partial charge in [-0.05, 0) is 0 Å². The number of fused-ring (bicyclic) bond motifs is 1. The van der Waals surface area contributed by atoms with Crippen LogP contribution in [0.15, 0.2) is 18.3 Å². The van der Waals surface area contributed by atoms with Crippen LogP contribution in [0, 0.1) is 15.9 Å². The summed E-state index contributed by atoms with van der Waals surface area (Å²) < 4.78 is 14.3. The first-order chi connectivity index (χ1) is 6.58. The summed E-state index contributed by atoms with van der Waals surface area (Å²) in [5, 5.41) is 14.8. The molecule has 0 unspecified atom stereocenters. The van der Waals surface area contributed by atoms with Crippen LogP contribution < -0.4 is 0 Å². The van der Waals surface area contributed by atoms with Crippen LogP contribution in [0.1, 0.15) is 0 Å². The van der Waals surface area contributed by atoms with Gasteiger partial charge in [0.15, 0.2) is 0 Å². The van der Waals surface area contributed by atoms with Crippen molar-refractivity contribution in [3.05, 3.63) is 34.3 Å². The number of hydrogen-bond donors (Lipinski definition) is 0. The number of nitro groups is 1. The summed E-state index contributed by atoms with van der Waals surface area (Å²) in [5.41, 5.74) is 0.0345. The lowest BCUT2D eigenvalue weighted by Crippen LogP contribution is -1.89. The molecule has 14 heavy (non-hydrogen) atoms. The van der Waals surface area contributed by atoms with Gasteiger partial charge in [0.25, 0.3) is 5.69 Å². The Morgan fingerprint density at radius 1 is 1.57 bits per heavy atom. The highest BCUT2D eigenvalue weighted by atomic mass is 19.1. The van der Waals surface area contributed by atoms with Gasteiger partial charge in [0.1, 0.15) is 11.3 Å². The Morgan fingerprint density at radius 2 is 2.29 bits per heavy atom. The number of non-ortho nitro benzene ring substituents is 1. The van der Waals surface area contributed by atoms with E-state index in [0.29, 0.717) is 10.9 Å².